The van der Waals surface area contributed by atoms with Gasteiger partial charge in [-0.2, -0.15) is 0 Å². The molecule has 0 amide bonds. The molecule has 0 saturated heterocycles. The van der Waals surface area contributed by atoms with Gasteiger partial charge in [0.2, 0.25) is 0 Å². The summed E-state index contributed by atoms with van der Waals surface area (Å²) in [5.41, 5.74) is 0.539. The second-order valence-electron chi connectivity index (χ2n) is 4.25. The van der Waals surface area contributed by atoms with E-state index in [4.69, 9.17) is 9.47 Å². The zero-order valence-electron chi connectivity index (χ0n) is 11.0. The Labute approximate surface area is 131 Å². The number of ether oxygens (including phenoxy) is 2. The predicted molar refractivity (Wildman–Crippen MR) is 82.5 cm³/mol. The lowest BCUT2D eigenvalue weighted by Gasteiger charge is -2.17. The first-order valence-corrected chi connectivity index (χ1v) is 7.18. The molecule has 0 aliphatic carbocycles. The zero-order chi connectivity index (χ0) is 14.4. The van der Waals surface area contributed by atoms with Gasteiger partial charge in [0.25, 0.3) is 0 Å². The Morgan fingerprint density at radius 3 is 2.75 bits per heavy atom. The van der Waals surface area contributed by atoms with Crippen LogP contribution in [0.25, 0.3) is 0 Å². The standard InChI is InChI=1S/C14H15IN2O3/c1-19-9-13(8-17-7-6-16-10-17)20-14(18)11-2-4-12(15)5-3-11/h2-7,10,13H,8-9H2,1H3/t13-/m1/s1. The molecular weight excluding hydrogens is 371 g/mol. The van der Waals surface area contributed by atoms with Gasteiger partial charge in [-0.25, -0.2) is 9.78 Å². The Kier molecular flexibility index (Phi) is 5.54. The Hall–Kier alpha value is -1.41. The molecular formula is C14H15IN2O3. The van der Waals surface area contributed by atoms with Crippen molar-refractivity contribution in [1.29, 1.82) is 0 Å². The lowest BCUT2D eigenvalue weighted by molar-refractivity contribution is 0.000269. The summed E-state index contributed by atoms with van der Waals surface area (Å²) in [4.78, 5) is 16.0. The zero-order valence-corrected chi connectivity index (χ0v) is 13.2. The summed E-state index contributed by atoms with van der Waals surface area (Å²) in [6.45, 7) is 0.859. The number of rotatable bonds is 6. The second-order valence-corrected chi connectivity index (χ2v) is 5.49. The van der Waals surface area contributed by atoms with Gasteiger partial charge in [0.1, 0.15) is 6.10 Å². The third kappa shape index (κ3) is 4.31. The van der Waals surface area contributed by atoms with Crippen molar-refractivity contribution >= 4 is 28.6 Å². The van der Waals surface area contributed by atoms with Crippen LogP contribution in [0.3, 0.4) is 0 Å². The Morgan fingerprint density at radius 1 is 1.40 bits per heavy atom. The minimum absolute atomic E-state index is 0.342. The predicted octanol–water partition coefficient (Wildman–Crippen LogP) is 2.36. The van der Waals surface area contributed by atoms with Gasteiger partial charge < -0.3 is 14.0 Å². The van der Waals surface area contributed by atoms with Crippen LogP contribution in [0.5, 0.6) is 0 Å². The quantitative estimate of drug-likeness (QED) is 0.565. The summed E-state index contributed by atoms with van der Waals surface area (Å²) < 4.78 is 13.5. The third-order valence-electron chi connectivity index (χ3n) is 2.68. The van der Waals surface area contributed by atoms with Gasteiger partial charge in [-0.15, -0.1) is 0 Å². The average molecular weight is 386 g/mol. The molecule has 2 aromatic rings. The molecule has 0 radical (unpaired) electrons. The SMILES string of the molecule is COC[C@@H](Cn1ccnc1)OC(=O)c1ccc(I)cc1. The van der Waals surface area contributed by atoms with Gasteiger partial charge in [-0.1, -0.05) is 0 Å². The number of carbonyl (C=O) groups excluding carboxylic acids is 1. The fraction of sp³-hybridized carbons (Fsp3) is 0.286. The van der Waals surface area contributed by atoms with Crippen molar-refractivity contribution in [1.82, 2.24) is 9.55 Å². The molecule has 106 valence electrons. The lowest BCUT2D eigenvalue weighted by Crippen LogP contribution is -2.27. The molecule has 0 aliphatic heterocycles. The van der Waals surface area contributed by atoms with Crippen molar-refractivity contribution in [2.45, 2.75) is 12.6 Å². The molecule has 0 spiro atoms. The van der Waals surface area contributed by atoms with Crippen LogP contribution >= 0.6 is 22.6 Å². The van der Waals surface area contributed by atoms with Crippen molar-refractivity contribution in [3.05, 3.63) is 52.1 Å². The van der Waals surface area contributed by atoms with Crippen molar-refractivity contribution in [3.8, 4) is 0 Å². The van der Waals surface area contributed by atoms with Gasteiger partial charge in [0.05, 0.1) is 25.0 Å². The Bertz CT molecular complexity index is 540. The van der Waals surface area contributed by atoms with Crippen LogP contribution in [0.1, 0.15) is 10.4 Å². The molecule has 20 heavy (non-hydrogen) atoms. The van der Waals surface area contributed by atoms with Crippen molar-refractivity contribution in [2.75, 3.05) is 13.7 Å². The molecule has 0 aliphatic rings. The van der Waals surface area contributed by atoms with Crippen LogP contribution in [0.2, 0.25) is 0 Å². The monoisotopic (exact) mass is 386 g/mol. The number of hydrogen-bond donors (Lipinski definition) is 0. The van der Waals surface area contributed by atoms with E-state index >= 15 is 0 Å². The van der Waals surface area contributed by atoms with Gasteiger partial charge >= 0.3 is 5.97 Å². The van der Waals surface area contributed by atoms with E-state index in [0.29, 0.717) is 18.7 Å². The van der Waals surface area contributed by atoms with Crippen LogP contribution < -0.4 is 0 Å². The van der Waals surface area contributed by atoms with E-state index in [2.05, 4.69) is 27.6 Å². The Balaban J connectivity index is 2.00. The van der Waals surface area contributed by atoms with Gasteiger partial charge in [-0.3, -0.25) is 0 Å². The van der Waals surface area contributed by atoms with Crippen LogP contribution in [-0.2, 0) is 16.0 Å². The maximum Gasteiger partial charge on any atom is 0.338 e. The highest BCUT2D eigenvalue weighted by Crippen LogP contribution is 2.10. The number of aromatic nitrogens is 2. The Morgan fingerprint density at radius 2 is 2.15 bits per heavy atom. The molecule has 5 nitrogen and oxygen atoms in total. The highest BCUT2D eigenvalue weighted by atomic mass is 127. The highest BCUT2D eigenvalue weighted by molar-refractivity contribution is 14.1. The number of hydrogen-bond acceptors (Lipinski definition) is 4. The molecule has 1 aromatic heterocycles. The van der Waals surface area contributed by atoms with Gasteiger partial charge in [0.15, 0.2) is 0 Å². The molecule has 1 heterocycles. The van der Waals surface area contributed by atoms with Crippen LogP contribution in [-0.4, -0.2) is 35.3 Å². The number of imidazole rings is 1. The number of methoxy groups -OCH3 is 1. The maximum absolute atomic E-state index is 12.1. The first kappa shape index (κ1) is 15.0. The number of benzene rings is 1. The van der Waals surface area contributed by atoms with E-state index in [1.54, 1.807) is 31.8 Å². The van der Waals surface area contributed by atoms with Gasteiger partial charge in [-0.05, 0) is 46.9 Å². The number of esters is 1. The lowest BCUT2D eigenvalue weighted by atomic mass is 10.2. The van der Waals surface area contributed by atoms with E-state index in [1.165, 1.54) is 0 Å². The van der Waals surface area contributed by atoms with Crippen LogP contribution in [0.15, 0.2) is 43.0 Å². The number of nitrogens with zero attached hydrogens (tertiary/aromatic N) is 2. The summed E-state index contributed by atoms with van der Waals surface area (Å²) in [6, 6.07) is 7.26. The number of carbonyl (C=O) groups is 1. The molecule has 0 fully saturated rings. The fourth-order valence-electron chi connectivity index (χ4n) is 1.75. The summed E-state index contributed by atoms with van der Waals surface area (Å²) in [5, 5.41) is 0. The molecule has 0 bridgehead atoms. The number of halogens is 1. The molecule has 6 heteroatoms. The largest absolute Gasteiger partial charge is 0.454 e. The van der Waals surface area contributed by atoms with Crippen LogP contribution in [0.4, 0.5) is 0 Å². The molecule has 0 unspecified atom stereocenters. The van der Waals surface area contributed by atoms with Crippen molar-refractivity contribution in [3.63, 3.8) is 0 Å². The minimum Gasteiger partial charge on any atom is -0.454 e. The second kappa shape index (κ2) is 7.39. The van der Waals surface area contributed by atoms with Crippen LogP contribution in [0, 0.1) is 3.57 Å². The minimum atomic E-state index is -0.346. The van der Waals surface area contributed by atoms with Gasteiger partial charge in [0, 0.05) is 23.1 Å². The maximum atomic E-state index is 12.1. The molecule has 1 atom stereocenters. The topological polar surface area (TPSA) is 53.4 Å². The van der Waals surface area contributed by atoms with E-state index in [1.807, 2.05) is 22.9 Å². The molecule has 2 rings (SSSR count). The normalized spacial score (nSPS) is 12.1. The average Bonchev–Trinajstić information content (AvgIpc) is 2.92. The van der Waals surface area contributed by atoms with E-state index < -0.39 is 0 Å². The first-order chi connectivity index (χ1) is 9.69. The molecule has 1 aromatic carbocycles. The van der Waals surface area contributed by atoms with E-state index in [9.17, 15) is 4.79 Å². The highest BCUT2D eigenvalue weighted by Gasteiger charge is 2.16. The summed E-state index contributed by atoms with van der Waals surface area (Å²) in [7, 11) is 1.58. The summed E-state index contributed by atoms with van der Waals surface area (Å²) in [5.74, 6) is -0.344. The van der Waals surface area contributed by atoms with E-state index in [0.717, 1.165) is 3.57 Å². The van der Waals surface area contributed by atoms with E-state index in [-0.39, 0.29) is 12.1 Å². The fourth-order valence-corrected chi connectivity index (χ4v) is 2.10. The smallest absolute Gasteiger partial charge is 0.338 e. The summed E-state index contributed by atoms with van der Waals surface area (Å²) >= 11 is 2.19. The molecule has 0 N–H and O–H groups in total. The van der Waals surface area contributed by atoms with Crippen molar-refractivity contribution in [2.24, 2.45) is 0 Å². The first-order valence-electron chi connectivity index (χ1n) is 6.10. The molecule has 0 saturated carbocycles. The third-order valence-corrected chi connectivity index (χ3v) is 3.40. The van der Waals surface area contributed by atoms with Crippen molar-refractivity contribution < 1.29 is 14.3 Å². The summed E-state index contributed by atoms with van der Waals surface area (Å²) in [6.07, 6.45) is 4.84.